The van der Waals surface area contributed by atoms with Gasteiger partial charge in [-0.15, -0.1) is 11.3 Å². The Labute approximate surface area is 181 Å². The molecule has 0 bridgehead atoms. The minimum Gasteiger partial charge on any atom is -0.486 e. The van der Waals surface area contributed by atoms with Crippen LogP contribution in [-0.2, 0) is 24.0 Å². The van der Waals surface area contributed by atoms with Crippen molar-refractivity contribution in [3.05, 3.63) is 63.5 Å². The molecule has 0 saturated carbocycles. The number of aliphatic carboxylic acids is 1. The molecular formula is C22H20F3NO4S. The van der Waals surface area contributed by atoms with Crippen LogP contribution in [0.3, 0.4) is 0 Å². The summed E-state index contributed by atoms with van der Waals surface area (Å²) in [5.74, 6) is 0.0878. The Hall–Kier alpha value is -3.07. The minimum atomic E-state index is -4.37. The van der Waals surface area contributed by atoms with Crippen LogP contribution in [0.5, 0.6) is 11.5 Å². The van der Waals surface area contributed by atoms with Gasteiger partial charge in [0.2, 0.25) is 0 Å². The van der Waals surface area contributed by atoms with Gasteiger partial charge in [-0.2, -0.15) is 13.2 Å². The fraction of sp³-hybridized carbons (Fsp3) is 0.273. The maximum Gasteiger partial charge on any atom is 0.416 e. The monoisotopic (exact) mass is 451 g/mol. The quantitative estimate of drug-likeness (QED) is 0.473. The van der Waals surface area contributed by atoms with Crippen molar-refractivity contribution in [3.8, 4) is 22.8 Å². The van der Waals surface area contributed by atoms with Crippen LogP contribution < -0.4 is 9.47 Å². The first kappa shape index (κ1) is 22.6. The molecule has 0 unspecified atom stereocenters. The number of ether oxygens (including phenoxy) is 2. The van der Waals surface area contributed by atoms with Gasteiger partial charge in [-0.05, 0) is 48.7 Å². The Bertz CT molecular complexity index is 1060. The van der Waals surface area contributed by atoms with Gasteiger partial charge in [0.25, 0.3) is 0 Å². The number of aryl methyl sites for hydroxylation is 2. The molecule has 2 aromatic carbocycles. The molecule has 0 atom stereocenters. The summed E-state index contributed by atoms with van der Waals surface area (Å²) >= 11 is 1.36. The van der Waals surface area contributed by atoms with Crippen LogP contribution in [0.1, 0.15) is 28.6 Å². The summed E-state index contributed by atoms with van der Waals surface area (Å²) in [6.07, 6.45) is -3.71. The van der Waals surface area contributed by atoms with Crippen molar-refractivity contribution >= 4 is 17.3 Å². The van der Waals surface area contributed by atoms with E-state index in [1.807, 2.05) is 6.92 Å². The predicted molar refractivity (Wildman–Crippen MR) is 111 cm³/mol. The molecule has 1 heterocycles. The third-order valence-corrected chi connectivity index (χ3v) is 5.32. The van der Waals surface area contributed by atoms with Gasteiger partial charge in [0.05, 0.1) is 11.3 Å². The summed E-state index contributed by atoms with van der Waals surface area (Å²) in [6, 6.07) is 8.43. The normalized spacial score (nSPS) is 11.4. The van der Waals surface area contributed by atoms with Gasteiger partial charge >= 0.3 is 12.1 Å². The van der Waals surface area contributed by atoms with Crippen LogP contribution >= 0.6 is 11.3 Å². The SMILES string of the molecule is CCc1cc(OCC(=O)O)c(C)cc1OCc1nc(-c2ccc(C(F)(F)F)cc2)cs1. The lowest BCUT2D eigenvalue weighted by atomic mass is 10.1. The average Bonchev–Trinajstić information content (AvgIpc) is 3.20. The number of carboxylic acids is 1. The van der Waals surface area contributed by atoms with Gasteiger partial charge in [0, 0.05) is 10.9 Å². The molecule has 1 aromatic heterocycles. The van der Waals surface area contributed by atoms with E-state index in [1.54, 1.807) is 24.4 Å². The van der Waals surface area contributed by atoms with E-state index < -0.39 is 24.3 Å². The zero-order valence-corrected chi connectivity index (χ0v) is 17.6. The smallest absolute Gasteiger partial charge is 0.416 e. The summed E-state index contributed by atoms with van der Waals surface area (Å²) in [6.45, 7) is 3.53. The summed E-state index contributed by atoms with van der Waals surface area (Å²) in [5.41, 5.74) is 2.10. The van der Waals surface area contributed by atoms with E-state index >= 15 is 0 Å². The molecule has 0 aliphatic rings. The maximum atomic E-state index is 12.7. The predicted octanol–water partition coefficient (Wildman–Crippen LogP) is 5.74. The second kappa shape index (κ2) is 9.38. The van der Waals surface area contributed by atoms with E-state index in [0.29, 0.717) is 34.2 Å². The van der Waals surface area contributed by atoms with E-state index in [1.165, 1.54) is 23.5 Å². The number of carbonyl (C=O) groups is 1. The van der Waals surface area contributed by atoms with Crippen molar-refractivity contribution in [1.29, 1.82) is 0 Å². The number of carboxylic acid groups (broad SMARTS) is 1. The Morgan fingerprint density at radius 2 is 1.84 bits per heavy atom. The fourth-order valence-electron chi connectivity index (χ4n) is 2.89. The minimum absolute atomic E-state index is 0.201. The zero-order chi connectivity index (χ0) is 22.6. The largest absolute Gasteiger partial charge is 0.486 e. The molecule has 0 radical (unpaired) electrons. The number of hydrogen-bond donors (Lipinski definition) is 1. The van der Waals surface area contributed by atoms with Crippen molar-refractivity contribution in [1.82, 2.24) is 4.98 Å². The molecule has 1 N–H and O–H groups in total. The van der Waals surface area contributed by atoms with E-state index in [0.717, 1.165) is 23.3 Å². The van der Waals surface area contributed by atoms with Crippen LogP contribution in [0.25, 0.3) is 11.3 Å². The Morgan fingerprint density at radius 3 is 2.45 bits per heavy atom. The first-order valence-corrected chi connectivity index (χ1v) is 10.3. The second-order valence-electron chi connectivity index (χ2n) is 6.75. The van der Waals surface area contributed by atoms with Gasteiger partial charge in [-0.25, -0.2) is 9.78 Å². The van der Waals surface area contributed by atoms with Crippen LogP contribution in [-0.4, -0.2) is 22.7 Å². The molecule has 0 spiro atoms. The number of hydrogen-bond acceptors (Lipinski definition) is 5. The number of thiazole rings is 1. The molecule has 164 valence electrons. The Morgan fingerprint density at radius 1 is 1.13 bits per heavy atom. The topological polar surface area (TPSA) is 68.7 Å². The van der Waals surface area contributed by atoms with Gasteiger partial charge in [0.1, 0.15) is 23.1 Å². The number of rotatable bonds is 8. The van der Waals surface area contributed by atoms with Gasteiger partial charge < -0.3 is 14.6 Å². The molecule has 0 saturated heterocycles. The van der Waals surface area contributed by atoms with Crippen molar-refractivity contribution in [3.63, 3.8) is 0 Å². The molecule has 0 aliphatic carbocycles. The van der Waals surface area contributed by atoms with Crippen LogP contribution in [0.15, 0.2) is 41.8 Å². The molecule has 31 heavy (non-hydrogen) atoms. The summed E-state index contributed by atoms with van der Waals surface area (Å²) in [7, 11) is 0. The van der Waals surface area contributed by atoms with E-state index in [4.69, 9.17) is 14.6 Å². The number of aromatic nitrogens is 1. The number of nitrogens with zero attached hydrogens (tertiary/aromatic N) is 1. The van der Waals surface area contributed by atoms with E-state index in [2.05, 4.69) is 4.98 Å². The molecule has 9 heteroatoms. The Balaban J connectivity index is 1.70. The van der Waals surface area contributed by atoms with Gasteiger partial charge in [-0.3, -0.25) is 0 Å². The van der Waals surface area contributed by atoms with E-state index in [9.17, 15) is 18.0 Å². The van der Waals surface area contributed by atoms with E-state index in [-0.39, 0.29) is 6.61 Å². The van der Waals surface area contributed by atoms with Crippen LogP contribution in [0, 0.1) is 6.92 Å². The van der Waals surface area contributed by atoms with Crippen molar-refractivity contribution in [2.45, 2.75) is 33.1 Å². The number of alkyl halides is 3. The van der Waals surface area contributed by atoms with Crippen LogP contribution in [0.4, 0.5) is 13.2 Å². The van der Waals surface area contributed by atoms with Crippen molar-refractivity contribution < 1.29 is 32.5 Å². The lowest BCUT2D eigenvalue weighted by Gasteiger charge is -2.14. The molecule has 0 aliphatic heterocycles. The third kappa shape index (κ3) is 5.75. The summed E-state index contributed by atoms with van der Waals surface area (Å²) in [5, 5.41) is 11.2. The first-order valence-electron chi connectivity index (χ1n) is 9.40. The zero-order valence-electron chi connectivity index (χ0n) is 16.8. The highest BCUT2D eigenvalue weighted by Gasteiger charge is 2.30. The highest BCUT2D eigenvalue weighted by atomic mass is 32.1. The standard InChI is InChI=1S/C22H20F3NO4S/c1-3-14-9-18(30-11-21(27)28)13(2)8-19(14)29-10-20-26-17(12-31-20)15-4-6-16(7-5-15)22(23,24)25/h4-9,12H,3,10-11H2,1-2H3,(H,27,28). The third-order valence-electron chi connectivity index (χ3n) is 4.50. The highest BCUT2D eigenvalue weighted by molar-refractivity contribution is 7.09. The molecule has 3 aromatic rings. The highest BCUT2D eigenvalue weighted by Crippen LogP contribution is 2.32. The molecule has 0 amide bonds. The van der Waals surface area contributed by atoms with Crippen molar-refractivity contribution in [2.75, 3.05) is 6.61 Å². The van der Waals surface area contributed by atoms with Crippen molar-refractivity contribution in [2.24, 2.45) is 0 Å². The second-order valence-corrected chi connectivity index (χ2v) is 7.69. The van der Waals surface area contributed by atoms with Crippen LogP contribution in [0.2, 0.25) is 0 Å². The van der Waals surface area contributed by atoms with Gasteiger partial charge in [0.15, 0.2) is 6.61 Å². The lowest BCUT2D eigenvalue weighted by Crippen LogP contribution is -2.10. The molecule has 3 rings (SSSR count). The lowest BCUT2D eigenvalue weighted by molar-refractivity contribution is -0.139. The number of halogens is 3. The molecule has 0 fully saturated rings. The summed E-state index contributed by atoms with van der Waals surface area (Å²) < 4.78 is 49.4. The average molecular weight is 451 g/mol. The Kier molecular flexibility index (Phi) is 6.84. The number of benzene rings is 2. The fourth-order valence-corrected chi connectivity index (χ4v) is 3.60. The molecular weight excluding hydrogens is 431 g/mol. The van der Waals surface area contributed by atoms with Gasteiger partial charge in [-0.1, -0.05) is 19.1 Å². The molecule has 5 nitrogen and oxygen atoms in total. The summed E-state index contributed by atoms with van der Waals surface area (Å²) in [4.78, 5) is 15.2. The first-order chi connectivity index (χ1) is 14.7. The maximum absolute atomic E-state index is 12.7.